The number of hydrogen-bond acceptors (Lipinski definition) is 6. The molecule has 5 rings (SSSR count). The van der Waals surface area contributed by atoms with Gasteiger partial charge in [-0.2, -0.15) is 0 Å². The summed E-state index contributed by atoms with van der Waals surface area (Å²) < 4.78 is 0. The Morgan fingerprint density at radius 3 is 2.55 bits per heavy atom. The van der Waals surface area contributed by atoms with Gasteiger partial charge in [0.25, 0.3) is 0 Å². The summed E-state index contributed by atoms with van der Waals surface area (Å²) in [6.45, 7) is 4.34. The number of carboxylic acid groups (broad SMARTS) is 1. The molecule has 0 spiro atoms. The van der Waals surface area contributed by atoms with Gasteiger partial charge >= 0.3 is 5.97 Å². The second-order valence-corrected chi connectivity index (χ2v) is 15.5. The topological polar surface area (TPSA) is 153 Å². The largest absolute Gasteiger partial charge is 0.481 e. The van der Waals surface area contributed by atoms with E-state index < -0.39 is 29.5 Å². The van der Waals surface area contributed by atoms with Gasteiger partial charge in [0.15, 0.2) is 0 Å². The number of H-pyrrole nitrogens is 1. The maximum Gasteiger partial charge on any atom is 0.309 e. The monoisotopic (exact) mass is 675 g/mol. The van der Waals surface area contributed by atoms with E-state index >= 15 is 0 Å². The molecule has 10 unspecified atom stereocenters. The van der Waals surface area contributed by atoms with Crippen LogP contribution < -0.4 is 5.73 Å². The Kier molecular flexibility index (Phi) is 13.2. The van der Waals surface area contributed by atoms with Crippen LogP contribution in [-0.2, 0) is 24.1 Å². The summed E-state index contributed by atoms with van der Waals surface area (Å²) in [6.07, 6.45) is 23.9. The van der Waals surface area contributed by atoms with Crippen LogP contribution in [0, 0.1) is 41.4 Å². The Bertz CT molecular complexity index is 1400. The lowest BCUT2D eigenvalue weighted by atomic mass is 9.68. The molecular weight excluding hydrogens is 614 g/mol. The lowest BCUT2D eigenvalue weighted by Crippen LogP contribution is -2.48. The fraction of sp³-hybridized carbons (Fsp3) is 0.659. The predicted molar refractivity (Wildman–Crippen MR) is 195 cm³/mol. The maximum atomic E-state index is 12.5. The van der Waals surface area contributed by atoms with Gasteiger partial charge in [-0.15, -0.1) is 0 Å². The highest BCUT2D eigenvalue weighted by Gasteiger charge is 2.55. The van der Waals surface area contributed by atoms with Crippen LogP contribution >= 0.6 is 0 Å². The number of rotatable bonds is 18. The molecule has 2 aromatic rings. The van der Waals surface area contributed by atoms with E-state index in [0.29, 0.717) is 37.4 Å². The number of nitrogens with two attached hydrogens (primary N) is 1. The van der Waals surface area contributed by atoms with Crippen molar-refractivity contribution in [2.24, 2.45) is 41.4 Å². The SMILES string of the molecule is CCCCCC1C=CC(CCCCCC(C(=O)O)C(O)C2C=CC3C(Cc4ccnc(N)c4)CC(Cc4cc(CC)c[nH]4)C3(O)C2)C(O)C1. The van der Waals surface area contributed by atoms with Crippen molar-refractivity contribution >= 4 is 11.8 Å². The van der Waals surface area contributed by atoms with E-state index in [9.17, 15) is 25.2 Å². The van der Waals surface area contributed by atoms with E-state index in [2.05, 4.69) is 48.1 Å². The Morgan fingerprint density at radius 2 is 1.84 bits per heavy atom. The molecule has 1 fully saturated rings. The Balaban J connectivity index is 1.19. The number of pyridine rings is 1. The molecule has 8 heteroatoms. The van der Waals surface area contributed by atoms with Crippen LogP contribution in [0.3, 0.4) is 0 Å². The molecule has 49 heavy (non-hydrogen) atoms. The third-order valence-corrected chi connectivity index (χ3v) is 12.1. The van der Waals surface area contributed by atoms with Crippen LogP contribution in [0.15, 0.2) is 54.9 Å². The number of carboxylic acids is 1. The zero-order chi connectivity index (χ0) is 35.0. The summed E-state index contributed by atoms with van der Waals surface area (Å²) in [5, 5.41) is 45.0. The van der Waals surface area contributed by atoms with Crippen molar-refractivity contribution in [1.82, 2.24) is 9.97 Å². The van der Waals surface area contributed by atoms with Gasteiger partial charge in [0, 0.05) is 35.8 Å². The minimum Gasteiger partial charge on any atom is -0.481 e. The van der Waals surface area contributed by atoms with E-state index in [-0.39, 0.29) is 29.8 Å². The molecular formula is C41H61N3O5. The number of nitrogens with one attached hydrogen (secondary N) is 1. The van der Waals surface area contributed by atoms with Crippen molar-refractivity contribution < 1.29 is 25.2 Å². The van der Waals surface area contributed by atoms with Crippen molar-refractivity contribution in [2.75, 3.05) is 5.73 Å². The maximum absolute atomic E-state index is 12.5. The minimum absolute atomic E-state index is 0.0382. The van der Waals surface area contributed by atoms with Crippen molar-refractivity contribution in [1.29, 1.82) is 0 Å². The second-order valence-electron chi connectivity index (χ2n) is 15.5. The number of anilines is 1. The quantitative estimate of drug-likeness (QED) is 0.0732. The van der Waals surface area contributed by atoms with Gasteiger partial charge in [0.1, 0.15) is 5.82 Å². The molecule has 10 atom stereocenters. The van der Waals surface area contributed by atoms with Gasteiger partial charge in [-0.25, -0.2) is 4.98 Å². The molecule has 2 heterocycles. The molecule has 0 saturated heterocycles. The summed E-state index contributed by atoms with van der Waals surface area (Å²) >= 11 is 0. The van der Waals surface area contributed by atoms with Crippen molar-refractivity contribution in [3.63, 3.8) is 0 Å². The summed E-state index contributed by atoms with van der Waals surface area (Å²) in [7, 11) is 0. The molecule has 3 aliphatic carbocycles. The van der Waals surface area contributed by atoms with Crippen molar-refractivity contribution in [2.45, 2.75) is 128 Å². The highest BCUT2D eigenvalue weighted by atomic mass is 16.4. The Hall–Kier alpha value is -2.94. The molecule has 0 amide bonds. The molecule has 1 saturated carbocycles. The Morgan fingerprint density at radius 1 is 1.02 bits per heavy atom. The van der Waals surface area contributed by atoms with E-state index in [1.54, 1.807) is 6.20 Å². The lowest BCUT2D eigenvalue weighted by molar-refractivity contribution is -0.148. The number of aromatic nitrogens is 2. The highest BCUT2D eigenvalue weighted by molar-refractivity contribution is 5.70. The first kappa shape index (κ1) is 37.3. The van der Waals surface area contributed by atoms with Crippen LogP contribution in [0.5, 0.6) is 0 Å². The average molecular weight is 676 g/mol. The van der Waals surface area contributed by atoms with E-state index in [0.717, 1.165) is 62.6 Å². The van der Waals surface area contributed by atoms with E-state index in [1.165, 1.54) is 24.8 Å². The molecule has 0 aromatic carbocycles. The molecule has 0 aliphatic heterocycles. The van der Waals surface area contributed by atoms with E-state index in [4.69, 9.17) is 5.73 Å². The third-order valence-electron chi connectivity index (χ3n) is 12.1. The fourth-order valence-electron chi connectivity index (χ4n) is 9.25. The number of hydrogen-bond donors (Lipinski definition) is 6. The first-order valence-electron chi connectivity index (χ1n) is 19.2. The molecule has 270 valence electrons. The molecule has 8 nitrogen and oxygen atoms in total. The van der Waals surface area contributed by atoms with Crippen molar-refractivity contribution in [3.8, 4) is 0 Å². The standard InChI is InChI=1S/C41H61N3O5/c1-3-5-7-10-28-13-14-30(37(45)21-28)11-8-6-9-12-35(40(47)48)39(46)31-15-16-36-32(19-29-17-18-43-38(42)22-29)23-33(41(36,49)25-31)24-34-20-27(4-2)26-44-34/h13-18,20,22,26,28,30-33,35-37,39,44-46,49H,3-12,19,21,23-25H2,1-2H3,(H2,42,43)(H,47,48). The zero-order valence-electron chi connectivity index (χ0n) is 29.7. The number of allylic oxidation sites excluding steroid dienone is 1. The normalized spacial score (nSPS) is 30.7. The second kappa shape index (κ2) is 17.3. The number of unbranched alkanes of at least 4 members (excludes halogenated alkanes) is 4. The van der Waals surface area contributed by atoms with Gasteiger partial charge in [-0.05, 0) is 105 Å². The minimum atomic E-state index is -1.08. The highest BCUT2D eigenvalue weighted by Crippen LogP contribution is 2.54. The van der Waals surface area contributed by atoms with Crippen LogP contribution in [0.4, 0.5) is 5.82 Å². The van der Waals surface area contributed by atoms with E-state index in [1.807, 2.05) is 24.4 Å². The third kappa shape index (κ3) is 9.44. The fourth-order valence-corrected chi connectivity index (χ4v) is 9.25. The molecule has 0 radical (unpaired) electrons. The number of aliphatic hydroxyl groups excluding tert-OH is 2. The van der Waals surface area contributed by atoms with Gasteiger partial charge in [0.05, 0.1) is 23.7 Å². The average Bonchev–Trinajstić information content (AvgIpc) is 3.64. The smallest absolute Gasteiger partial charge is 0.309 e. The van der Waals surface area contributed by atoms with Crippen LogP contribution in [-0.4, -0.2) is 54.2 Å². The first-order valence-corrected chi connectivity index (χ1v) is 19.2. The molecule has 0 bridgehead atoms. The summed E-state index contributed by atoms with van der Waals surface area (Å²) in [6, 6.07) is 6.06. The van der Waals surface area contributed by atoms with Gasteiger partial charge < -0.3 is 31.1 Å². The van der Waals surface area contributed by atoms with Gasteiger partial charge in [-0.3, -0.25) is 4.79 Å². The number of aliphatic carboxylic acids is 1. The number of carbonyl (C=O) groups is 1. The number of nitrogen functional groups attached to an aromatic ring is 1. The van der Waals surface area contributed by atoms with Crippen molar-refractivity contribution in [3.05, 3.63) is 71.7 Å². The lowest BCUT2D eigenvalue weighted by Gasteiger charge is -2.42. The molecule has 2 aromatic heterocycles. The van der Waals surface area contributed by atoms with Crippen LogP contribution in [0.25, 0.3) is 0 Å². The number of aromatic amines is 1. The van der Waals surface area contributed by atoms with Crippen LogP contribution in [0.1, 0.15) is 108 Å². The van der Waals surface area contributed by atoms with Crippen LogP contribution in [0.2, 0.25) is 0 Å². The molecule has 3 aliphatic rings. The summed E-state index contributed by atoms with van der Waals surface area (Å²) in [4.78, 5) is 20.0. The van der Waals surface area contributed by atoms with Gasteiger partial charge in [-0.1, -0.05) is 76.7 Å². The number of aryl methyl sites for hydroxylation is 1. The zero-order valence-corrected chi connectivity index (χ0v) is 29.7. The predicted octanol–water partition coefficient (Wildman–Crippen LogP) is 7.04. The summed E-state index contributed by atoms with van der Waals surface area (Å²) in [5.41, 5.74) is 8.35. The number of aliphatic hydroxyl groups is 3. The first-order chi connectivity index (χ1) is 23.6. The van der Waals surface area contributed by atoms with Gasteiger partial charge in [0.2, 0.25) is 0 Å². The Labute approximate surface area is 293 Å². The number of fused-ring (bicyclic) bond motifs is 1. The molecule has 7 N–H and O–H groups in total. The summed E-state index contributed by atoms with van der Waals surface area (Å²) in [5.74, 6) is -1.14. The number of nitrogens with zero attached hydrogens (tertiary/aromatic N) is 1.